The SMILES string of the molecule is COc1cc(-c2cc(=O)[nH]c3[nH]ncc23)ccc1OCc1ccccn1. The molecule has 0 amide bonds. The first-order valence-electron chi connectivity index (χ1n) is 8.02. The molecule has 3 aromatic heterocycles. The largest absolute Gasteiger partial charge is 0.493 e. The van der Waals surface area contributed by atoms with Crippen molar-refractivity contribution >= 4 is 11.0 Å². The summed E-state index contributed by atoms with van der Waals surface area (Å²) in [4.78, 5) is 18.8. The second kappa shape index (κ2) is 6.72. The molecule has 0 aliphatic carbocycles. The third kappa shape index (κ3) is 3.02. The van der Waals surface area contributed by atoms with Gasteiger partial charge in [-0.2, -0.15) is 5.10 Å². The second-order valence-electron chi connectivity index (χ2n) is 5.68. The third-order valence-electron chi connectivity index (χ3n) is 4.03. The van der Waals surface area contributed by atoms with E-state index in [2.05, 4.69) is 20.2 Å². The number of nitrogens with one attached hydrogen (secondary N) is 2. The van der Waals surface area contributed by atoms with Crippen LogP contribution >= 0.6 is 0 Å². The Hall–Kier alpha value is -3.61. The van der Waals surface area contributed by atoms with Crippen LogP contribution < -0.4 is 15.0 Å². The standard InChI is InChI=1S/C19H16N4O3/c1-25-17-8-12(14-9-18(24)22-19-15(14)10-21-23-19)5-6-16(17)26-11-13-4-2-3-7-20-13/h2-10H,11H2,1H3,(H2,21,22,23,24). The first kappa shape index (κ1) is 15.9. The number of fused-ring (bicyclic) bond motifs is 1. The molecule has 0 spiro atoms. The summed E-state index contributed by atoms with van der Waals surface area (Å²) in [5.41, 5.74) is 2.82. The van der Waals surface area contributed by atoms with Gasteiger partial charge < -0.3 is 14.5 Å². The van der Waals surface area contributed by atoms with Crippen LogP contribution in [0.5, 0.6) is 11.5 Å². The maximum Gasteiger partial charge on any atom is 0.250 e. The maximum atomic E-state index is 11.9. The van der Waals surface area contributed by atoms with E-state index in [-0.39, 0.29) is 5.56 Å². The Balaban J connectivity index is 1.68. The van der Waals surface area contributed by atoms with Crippen molar-refractivity contribution in [2.24, 2.45) is 0 Å². The smallest absolute Gasteiger partial charge is 0.250 e. The minimum Gasteiger partial charge on any atom is -0.493 e. The molecule has 0 saturated carbocycles. The average Bonchev–Trinajstić information content (AvgIpc) is 3.14. The van der Waals surface area contributed by atoms with Gasteiger partial charge in [-0.25, -0.2) is 0 Å². The third-order valence-corrected chi connectivity index (χ3v) is 4.03. The summed E-state index contributed by atoms with van der Waals surface area (Å²) in [6.07, 6.45) is 3.40. The highest BCUT2D eigenvalue weighted by atomic mass is 16.5. The van der Waals surface area contributed by atoms with Gasteiger partial charge in [0.15, 0.2) is 11.5 Å². The van der Waals surface area contributed by atoms with Gasteiger partial charge in [-0.05, 0) is 35.4 Å². The molecule has 0 aliphatic heterocycles. The molecule has 0 unspecified atom stereocenters. The first-order valence-corrected chi connectivity index (χ1v) is 8.02. The van der Waals surface area contributed by atoms with Crippen LogP contribution in [-0.4, -0.2) is 27.3 Å². The molecule has 0 fully saturated rings. The molecule has 1 aromatic carbocycles. The van der Waals surface area contributed by atoms with Gasteiger partial charge in [-0.1, -0.05) is 12.1 Å². The van der Waals surface area contributed by atoms with Gasteiger partial charge in [0.1, 0.15) is 12.3 Å². The monoisotopic (exact) mass is 348 g/mol. The zero-order chi connectivity index (χ0) is 17.9. The number of hydrogen-bond donors (Lipinski definition) is 2. The number of nitrogens with zero attached hydrogens (tertiary/aromatic N) is 2. The van der Waals surface area contributed by atoms with Gasteiger partial charge in [0.2, 0.25) is 5.56 Å². The van der Waals surface area contributed by atoms with Gasteiger partial charge in [0.05, 0.1) is 19.0 Å². The summed E-state index contributed by atoms with van der Waals surface area (Å²) in [6, 6.07) is 12.8. The molecule has 7 nitrogen and oxygen atoms in total. The zero-order valence-corrected chi connectivity index (χ0v) is 14.0. The fourth-order valence-electron chi connectivity index (χ4n) is 2.78. The Morgan fingerprint density at radius 1 is 1.12 bits per heavy atom. The molecule has 0 atom stereocenters. The lowest BCUT2D eigenvalue weighted by molar-refractivity contribution is 0.281. The van der Waals surface area contributed by atoms with Crippen LogP contribution in [0.3, 0.4) is 0 Å². The Labute approximate surface area is 148 Å². The fourth-order valence-corrected chi connectivity index (χ4v) is 2.78. The molecular formula is C19H16N4O3. The van der Waals surface area contributed by atoms with Crippen molar-refractivity contribution < 1.29 is 9.47 Å². The van der Waals surface area contributed by atoms with Crippen molar-refractivity contribution in [2.45, 2.75) is 6.61 Å². The number of aromatic nitrogens is 4. The molecule has 2 N–H and O–H groups in total. The average molecular weight is 348 g/mol. The van der Waals surface area contributed by atoms with Crippen molar-refractivity contribution in [1.82, 2.24) is 20.2 Å². The summed E-state index contributed by atoms with van der Waals surface area (Å²) in [7, 11) is 1.58. The van der Waals surface area contributed by atoms with Gasteiger partial charge in [-0.15, -0.1) is 0 Å². The summed E-state index contributed by atoms with van der Waals surface area (Å²) in [6.45, 7) is 0.341. The molecule has 4 rings (SSSR count). The van der Waals surface area contributed by atoms with E-state index in [0.29, 0.717) is 23.8 Å². The molecule has 26 heavy (non-hydrogen) atoms. The Kier molecular flexibility index (Phi) is 4.10. The van der Waals surface area contributed by atoms with Gasteiger partial charge >= 0.3 is 0 Å². The van der Waals surface area contributed by atoms with Gasteiger partial charge in [0, 0.05) is 17.6 Å². The predicted octanol–water partition coefficient (Wildman–Crippen LogP) is 2.90. The van der Waals surface area contributed by atoms with Crippen LogP contribution in [0.2, 0.25) is 0 Å². The summed E-state index contributed by atoms with van der Waals surface area (Å²) in [5.74, 6) is 1.19. The predicted molar refractivity (Wildman–Crippen MR) is 97.3 cm³/mol. The van der Waals surface area contributed by atoms with E-state index in [1.54, 1.807) is 25.6 Å². The number of benzene rings is 1. The molecule has 0 saturated heterocycles. The summed E-state index contributed by atoms with van der Waals surface area (Å²) >= 11 is 0. The quantitative estimate of drug-likeness (QED) is 0.578. The number of hydrogen-bond acceptors (Lipinski definition) is 5. The lowest BCUT2D eigenvalue weighted by Crippen LogP contribution is -2.04. The molecule has 0 radical (unpaired) electrons. The number of rotatable bonds is 5. The molecule has 7 heteroatoms. The van der Waals surface area contributed by atoms with Crippen LogP contribution in [0.25, 0.3) is 22.2 Å². The number of pyridine rings is 2. The van der Waals surface area contributed by atoms with E-state index in [0.717, 1.165) is 22.2 Å². The van der Waals surface area contributed by atoms with Crippen molar-refractivity contribution in [2.75, 3.05) is 7.11 Å². The van der Waals surface area contributed by atoms with Gasteiger partial charge in [0.25, 0.3) is 0 Å². The summed E-state index contributed by atoms with van der Waals surface area (Å²) in [5, 5.41) is 7.60. The van der Waals surface area contributed by atoms with Crippen LogP contribution in [0.1, 0.15) is 5.69 Å². The highest BCUT2D eigenvalue weighted by molar-refractivity contribution is 5.92. The minimum absolute atomic E-state index is 0.203. The normalized spacial score (nSPS) is 10.8. The molecule has 130 valence electrons. The van der Waals surface area contributed by atoms with Gasteiger partial charge in [-0.3, -0.25) is 14.9 Å². The number of ether oxygens (including phenoxy) is 2. The second-order valence-corrected chi connectivity index (χ2v) is 5.68. The molecule has 0 bridgehead atoms. The van der Waals surface area contributed by atoms with E-state index in [1.807, 2.05) is 36.4 Å². The maximum absolute atomic E-state index is 11.9. The van der Waals surface area contributed by atoms with E-state index in [1.165, 1.54) is 0 Å². The van der Waals surface area contributed by atoms with E-state index >= 15 is 0 Å². The van der Waals surface area contributed by atoms with Crippen molar-refractivity contribution in [3.63, 3.8) is 0 Å². The Morgan fingerprint density at radius 2 is 2.04 bits per heavy atom. The fraction of sp³-hybridized carbons (Fsp3) is 0.105. The van der Waals surface area contributed by atoms with Crippen molar-refractivity contribution in [3.05, 3.63) is 70.9 Å². The Bertz CT molecular complexity index is 1100. The minimum atomic E-state index is -0.203. The van der Waals surface area contributed by atoms with Crippen LogP contribution in [0, 0.1) is 0 Å². The molecular weight excluding hydrogens is 332 g/mol. The topological polar surface area (TPSA) is 92.9 Å². The van der Waals surface area contributed by atoms with E-state index in [4.69, 9.17) is 9.47 Å². The molecule has 4 aromatic rings. The Morgan fingerprint density at radius 3 is 2.85 bits per heavy atom. The lowest BCUT2D eigenvalue weighted by atomic mass is 10.0. The van der Waals surface area contributed by atoms with Crippen molar-refractivity contribution in [1.29, 1.82) is 0 Å². The zero-order valence-electron chi connectivity index (χ0n) is 14.0. The summed E-state index contributed by atoms with van der Waals surface area (Å²) < 4.78 is 11.3. The van der Waals surface area contributed by atoms with Crippen LogP contribution in [0.15, 0.2) is 59.7 Å². The highest BCUT2D eigenvalue weighted by Gasteiger charge is 2.12. The van der Waals surface area contributed by atoms with E-state index in [9.17, 15) is 4.79 Å². The van der Waals surface area contributed by atoms with Crippen LogP contribution in [0.4, 0.5) is 0 Å². The highest BCUT2D eigenvalue weighted by Crippen LogP contribution is 2.34. The molecule has 3 heterocycles. The van der Waals surface area contributed by atoms with Crippen molar-refractivity contribution in [3.8, 4) is 22.6 Å². The number of H-pyrrole nitrogens is 2. The number of methoxy groups -OCH3 is 1. The number of aromatic amines is 2. The van der Waals surface area contributed by atoms with Crippen LogP contribution in [-0.2, 0) is 6.61 Å². The lowest BCUT2D eigenvalue weighted by Gasteiger charge is -2.12. The first-order chi connectivity index (χ1) is 12.7. The molecule has 0 aliphatic rings. The van der Waals surface area contributed by atoms with E-state index < -0.39 is 0 Å².